The van der Waals surface area contributed by atoms with E-state index in [2.05, 4.69) is 13.8 Å². The Morgan fingerprint density at radius 3 is 2.30 bits per heavy atom. The minimum absolute atomic E-state index is 0.0374. The summed E-state index contributed by atoms with van der Waals surface area (Å²) >= 11 is 0. The van der Waals surface area contributed by atoms with Gasteiger partial charge < -0.3 is 10.2 Å². The quantitative estimate of drug-likeness (QED) is 0.752. The van der Waals surface area contributed by atoms with Gasteiger partial charge in [0.2, 0.25) is 0 Å². The van der Waals surface area contributed by atoms with E-state index >= 15 is 0 Å². The van der Waals surface area contributed by atoms with Crippen molar-refractivity contribution >= 4 is 0 Å². The summed E-state index contributed by atoms with van der Waals surface area (Å²) in [6.45, 7) is 7.08. The molecule has 0 heterocycles. The van der Waals surface area contributed by atoms with E-state index in [4.69, 9.17) is 0 Å². The third kappa shape index (κ3) is 2.27. The Hall–Kier alpha value is -0.0800. The summed E-state index contributed by atoms with van der Waals surface area (Å²) in [5.74, 6) is 3.87. The molecule has 0 radical (unpaired) electrons. The molecule has 0 aromatic heterocycles. The minimum atomic E-state index is -0.140. The Bertz CT molecular complexity index is 461. The summed E-state index contributed by atoms with van der Waals surface area (Å²) in [4.78, 5) is 0. The molecule has 0 bridgehead atoms. The number of hydrogen-bond acceptors (Lipinski definition) is 2. The summed E-state index contributed by atoms with van der Waals surface area (Å²) in [6, 6.07) is 0. The van der Waals surface area contributed by atoms with Crippen LogP contribution >= 0.6 is 0 Å². The van der Waals surface area contributed by atoms with E-state index in [1.807, 2.05) is 6.92 Å². The highest BCUT2D eigenvalue weighted by Crippen LogP contribution is 2.67. The van der Waals surface area contributed by atoms with E-state index in [0.717, 1.165) is 36.5 Å². The van der Waals surface area contributed by atoms with Crippen molar-refractivity contribution in [1.82, 2.24) is 0 Å². The van der Waals surface area contributed by atoms with Crippen LogP contribution in [0.2, 0.25) is 0 Å². The lowest BCUT2D eigenvalue weighted by atomic mass is 9.44. The van der Waals surface area contributed by atoms with E-state index < -0.39 is 0 Å². The Labute approximate surface area is 142 Å². The molecule has 4 rings (SSSR count). The van der Waals surface area contributed by atoms with Crippen LogP contribution in [0.4, 0.5) is 0 Å². The predicted octanol–water partition coefficient (Wildman–Crippen LogP) is 4.39. The molecule has 23 heavy (non-hydrogen) atoms. The van der Waals surface area contributed by atoms with Crippen molar-refractivity contribution in [3.8, 4) is 0 Å². The molecule has 2 heteroatoms. The Morgan fingerprint density at radius 2 is 1.57 bits per heavy atom. The molecule has 0 saturated heterocycles. The van der Waals surface area contributed by atoms with E-state index in [0.29, 0.717) is 16.7 Å². The van der Waals surface area contributed by atoms with Crippen molar-refractivity contribution in [3.05, 3.63) is 0 Å². The van der Waals surface area contributed by atoms with E-state index in [1.165, 1.54) is 44.9 Å². The van der Waals surface area contributed by atoms with Crippen LogP contribution in [-0.4, -0.2) is 22.4 Å². The second kappa shape index (κ2) is 5.46. The van der Waals surface area contributed by atoms with Crippen molar-refractivity contribution in [3.63, 3.8) is 0 Å². The van der Waals surface area contributed by atoms with Gasteiger partial charge in [0.05, 0.1) is 12.2 Å². The number of aliphatic hydroxyl groups excluding tert-OH is 2. The van der Waals surface area contributed by atoms with Crippen molar-refractivity contribution in [1.29, 1.82) is 0 Å². The zero-order valence-electron chi connectivity index (χ0n) is 15.3. The summed E-state index contributed by atoms with van der Waals surface area (Å²) in [5, 5.41) is 20.4. The van der Waals surface area contributed by atoms with Gasteiger partial charge in [-0.25, -0.2) is 0 Å². The first-order valence-corrected chi connectivity index (χ1v) is 10.2. The normalized spacial score (nSPS) is 57.3. The van der Waals surface area contributed by atoms with Crippen molar-refractivity contribution in [2.75, 3.05) is 0 Å². The lowest BCUT2D eigenvalue weighted by Gasteiger charge is -2.61. The molecule has 2 N–H and O–H groups in total. The van der Waals surface area contributed by atoms with Gasteiger partial charge in [-0.1, -0.05) is 13.8 Å². The lowest BCUT2D eigenvalue weighted by Crippen LogP contribution is -2.54. The summed E-state index contributed by atoms with van der Waals surface area (Å²) in [5.41, 5.74) is 0.860. The molecule has 9 atom stereocenters. The maximum atomic E-state index is 10.3. The highest BCUT2D eigenvalue weighted by molar-refractivity contribution is 5.09. The maximum absolute atomic E-state index is 10.3. The molecule has 4 aliphatic carbocycles. The van der Waals surface area contributed by atoms with Crippen molar-refractivity contribution in [2.24, 2.45) is 40.4 Å². The van der Waals surface area contributed by atoms with E-state index in [1.54, 1.807) is 0 Å². The number of hydrogen-bond donors (Lipinski definition) is 2. The first-order valence-electron chi connectivity index (χ1n) is 10.2. The average Bonchev–Trinajstić information content (AvgIpc) is 2.85. The molecule has 0 unspecified atom stereocenters. The molecule has 4 aliphatic rings. The number of aliphatic hydroxyl groups is 2. The molecule has 4 saturated carbocycles. The Morgan fingerprint density at radius 1 is 0.870 bits per heavy atom. The minimum Gasteiger partial charge on any atom is -0.393 e. The monoisotopic (exact) mass is 320 g/mol. The van der Waals surface area contributed by atoms with Crippen LogP contribution in [0.25, 0.3) is 0 Å². The van der Waals surface area contributed by atoms with Crippen molar-refractivity contribution in [2.45, 2.75) is 90.8 Å². The highest BCUT2D eigenvalue weighted by atomic mass is 16.3. The fourth-order valence-electron chi connectivity index (χ4n) is 8.07. The predicted molar refractivity (Wildman–Crippen MR) is 92.9 cm³/mol. The van der Waals surface area contributed by atoms with Gasteiger partial charge in [-0.15, -0.1) is 0 Å². The lowest BCUT2D eigenvalue weighted by molar-refractivity contribution is -0.132. The topological polar surface area (TPSA) is 40.5 Å². The maximum Gasteiger partial charge on any atom is 0.0545 e. The van der Waals surface area contributed by atoms with Gasteiger partial charge in [0.15, 0.2) is 0 Å². The molecule has 0 spiro atoms. The fraction of sp³-hybridized carbons (Fsp3) is 1.00. The number of fused-ring (bicyclic) bond motifs is 5. The van der Waals surface area contributed by atoms with Crippen molar-refractivity contribution < 1.29 is 10.2 Å². The zero-order valence-corrected chi connectivity index (χ0v) is 15.3. The van der Waals surface area contributed by atoms with Gasteiger partial charge in [-0.05, 0) is 105 Å². The average molecular weight is 321 g/mol. The third-order valence-electron chi connectivity index (χ3n) is 9.29. The molecule has 2 nitrogen and oxygen atoms in total. The summed E-state index contributed by atoms with van der Waals surface area (Å²) in [7, 11) is 0. The SMILES string of the molecule is C[C@H](O)[C@@H]1CC[C@H]2[C@@H]3CC[C@@H]4C[C@@H](O)CC[C@]4(C)[C@H]3CC[C@@]21C. The highest BCUT2D eigenvalue weighted by Gasteiger charge is 2.60. The van der Waals surface area contributed by atoms with Crippen LogP contribution < -0.4 is 0 Å². The van der Waals surface area contributed by atoms with Crippen LogP contribution in [0.5, 0.6) is 0 Å². The summed E-state index contributed by atoms with van der Waals surface area (Å²) < 4.78 is 0. The van der Waals surface area contributed by atoms with Crippen LogP contribution in [0, 0.1) is 40.4 Å². The second-order valence-electron chi connectivity index (χ2n) is 10.1. The fourth-order valence-corrected chi connectivity index (χ4v) is 8.07. The molecule has 4 fully saturated rings. The standard InChI is InChI=1S/C21H36O2/c1-13(22)17-6-7-18-16-5-4-14-12-15(23)8-10-20(14,2)19(16)9-11-21(17,18)3/h13-19,22-23H,4-12H2,1-3H3/t13-,14+,15-,16-,17-,18-,19-,20-,21+/m0/s1. The van der Waals surface area contributed by atoms with Gasteiger partial charge in [0, 0.05) is 0 Å². The third-order valence-corrected chi connectivity index (χ3v) is 9.29. The van der Waals surface area contributed by atoms with Crippen LogP contribution in [0.15, 0.2) is 0 Å². The first kappa shape index (κ1) is 16.4. The molecular weight excluding hydrogens is 284 g/mol. The molecule has 132 valence electrons. The molecule has 0 aromatic rings. The van der Waals surface area contributed by atoms with Crippen LogP contribution in [0.1, 0.15) is 78.6 Å². The molecule has 0 amide bonds. The van der Waals surface area contributed by atoms with Gasteiger partial charge in [-0.3, -0.25) is 0 Å². The van der Waals surface area contributed by atoms with Gasteiger partial charge in [0.1, 0.15) is 0 Å². The van der Waals surface area contributed by atoms with Gasteiger partial charge in [-0.2, -0.15) is 0 Å². The Kier molecular flexibility index (Phi) is 3.89. The van der Waals surface area contributed by atoms with Gasteiger partial charge in [0.25, 0.3) is 0 Å². The number of rotatable bonds is 1. The molecular formula is C21H36O2. The van der Waals surface area contributed by atoms with Crippen LogP contribution in [0.3, 0.4) is 0 Å². The first-order chi connectivity index (χ1) is 10.9. The second-order valence-corrected chi connectivity index (χ2v) is 10.1. The van der Waals surface area contributed by atoms with E-state index in [9.17, 15) is 10.2 Å². The zero-order chi connectivity index (χ0) is 16.4. The van der Waals surface area contributed by atoms with Crippen LogP contribution in [-0.2, 0) is 0 Å². The van der Waals surface area contributed by atoms with Gasteiger partial charge >= 0.3 is 0 Å². The molecule has 0 aliphatic heterocycles. The molecule has 0 aromatic carbocycles. The van der Waals surface area contributed by atoms with E-state index in [-0.39, 0.29) is 12.2 Å². The smallest absolute Gasteiger partial charge is 0.0545 e. The largest absolute Gasteiger partial charge is 0.393 e. The Balaban J connectivity index is 1.60. The summed E-state index contributed by atoms with van der Waals surface area (Å²) in [6.07, 6.45) is 11.1.